The number of sulfone groups is 1. The van der Waals surface area contributed by atoms with Crippen LogP contribution in [0.2, 0.25) is 0 Å². The molecule has 35 heavy (non-hydrogen) atoms. The molecular formula is C20H17F3N2O7S3. The van der Waals surface area contributed by atoms with Crippen LogP contribution in [0.5, 0.6) is 0 Å². The first kappa shape index (κ1) is 25.3. The molecule has 15 heteroatoms. The van der Waals surface area contributed by atoms with Gasteiger partial charge in [-0.15, -0.1) is 11.3 Å². The van der Waals surface area contributed by atoms with Gasteiger partial charge < -0.3 is 9.63 Å². The van der Waals surface area contributed by atoms with Crippen molar-refractivity contribution in [2.45, 2.75) is 39.6 Å². The Hall–Kier alpha value is -2.75. The van der Waals surface area contributed by atoms with Gasteiger partial charge in [0.25, 0.3) is 10.0 Å². The van der Waals surface area contributed by atoms with Crippen molar-refractivity contribution in [2.75, 3.05) is 6.26 Å². The summed E-state index contributed by atoms with van der Waals surface area (Å²) in [5.74, 6) is -2.81. The number of sulfonamides is 1. The predicted molar refractivity (Wildman–Crippen MR) is 117 cm³/mol. The van der Waals surface area contributed by atoms with Crippen LogP contribution in [0.4, 0.5) is 13.2 Å². The summed E-state index contributed by atoms with van der Waals surface area (Å²) < 4.78 is 94.4. The van der Waals surface area contributed by atoms with E-state index < -0.39 is 48.7 Å². The van der Waals surface area contributed by atoms with E-state index in [4.69, 9.17) is 0 Å². The number of hydrogen-bond donors (Lipinski definition) is 2. The number of benzene rings is 1. The Balaban J connectivity index is 1.65. The molecule has 2 N–H and O–H groups in total. The fourth-order valence-electron chi connectivity index (χ4n) is 3.82. The van der Waals surface area contributed by atoms with Crippen LogP contribution < -0.4 is 4.72 Å². The number of aliphatic carboxylic acids is 1. The molecule has 0 unspecified atom stereocenters. The molecule has 4 rings (SSSR count). The van der Waals surface area contributed by atoms with Gasteiger partial charge in [0.1, 0.15) is 15.4 Å². The van der Waals surface area contributed by atoms with Crippen LogP contribution in [0.15, 0.2) is 56.1 Å². The van der Waals surface area contributed by atoms with Crippen molar-refractivity contribution >= 4 is 37.2 Å². The zero-order valence-electron chi connectivity index (χ0n) is 18.0. The third-order valence-electron chi connectivity index (χ3n) is 5.90. The fraction of sp³-hybridized carbons (Fsp3) is 0.300. The van der Waals surface area contributed by atoms with Crippen LogP contribution >= 0.6 is 11.3 Å². The third kappa shape index (κ3) is 4.37. The molecule has 2 atom stereocenters. The highest BCUT2D eigenvalue weighted by Crippen LogP contribution is 2.58. The van der Waals surface area contributed by atoms with Crippen molar-refractivity contribution in [3.05, 3.63) is 53.8 Å². The highest BCUT2D eigenvalue weighted by atomic mass is 32.2. The average molecular weight is 551 g/mol. The summed E-state index contributed by atoms with van der Waals surface area (Å²) in [5.41, 5.74) is -3.14. The molecule has 9 nitrogen and oxygen atoms in total. The molecule has 0 amide bonds. The fourth-order valence-corrected chi connectivity index (χ4v) is 7.20. The summed E-state index contributed by atoms with van der Waals surface area (Å²) in [7, 11) is -8.03. The number of hydrogen-bond acceptors (Lipinski definition) is 8. The molecule has 1 aromatic carbocycles. The Labute approximate surface area is 201 Å². The molecule has 1 aliphatic rings. The Morgan fingerprint density at radius 3 is 2.43 bits per heavy atom. The SMILES string of the molecule is C[C@@]1(c2cccc(S(C)(=O)=O)c2)C[C@]1(NS(=O)(=O)c1ccc(-c2cc(C(F)(F)F)on2)s1)C(=O)O. The molecule has 1 saturated carbocycles. The van der Waals surface area contributed by atoms with Crippen molar-refractivity contribution in [1.82, 2.24) is 9.88 Å². The second-order valence-corrected chi connectivity index (χ2v) is 13.3. The molecule has 2 aromatic heterocycles. The lowest BCUT2D eigenvalue weighted by molar-refractivity contribution is -0.155. The molecule has 1 aliphatic carbocycles. The predicted octanol–water partition coefficient (Wildman–Crippen LogP) is 3.29. The van der Waals surface area contributed by atoms with Crippen molar-refractivity contribution in [1.29, 1.82) is 0 Å². The summed E-state index contributed by atoms with van der Waals surface area (Å²) in [6, 6.07) is 8.57. The average Bonchev–Trinajstić information content (AvgIpc) is 3.17. The summed E-state index contributed by atoms with van der Waals surface area (Å²) >= 11 is 0.586. The molecule has 0 radical (unpaired) electrons. The van der Waals surface area contributed by atoms with Gasteiger partial charge in [-0.2, -0.15) is 17.9 Å². The first-order valence-electron chi connectivity index (χ1n) is 9.72. The van der Waals surface area contributed by atoms with E-state index in [0.29, 0.717) is 23.0 Å². The molecule has 0 aliphatic heterocycles. The van der Waals surface area contributed by atoms with Gasteiger partial charge in [-0.3, -0.25) is 4.79 Å². The summed E-state index contributed by atoms with van der Waals surface area (Å²) in [6.45, 7) is 1.50. The van der Waals surface area contributed by atoms with E-state index in [-0.39, 0.29) is 26.1 Å². The third-order valence-corrected chi connectivity index (χ3v) is 10.1. The number of thiophene rings is 1. The zero-order chi connectivity index (χ0) is 26.0. The summed E-state index contributed by atoms with van der Waals surface area (Å²) in [6.07, 6.45) is -3.93. The monoisotopic (exact) mass is 550 g/mol. The van der Waals surface area contributed by atoms with Crippen LogP contribution in [0.3, 0.4) is 0 Å². The minimum atomic E-state index is -4.77. The lowest BCUT2D eigenvalue weighted by Gasteiger charge is -2.21. The standard InChI is InChI=1S/C20H17F3N2O7S3/c1-18(11-4-3-5-12(8-11)34(2,28)29)10-19(18,17(26)27)25-35(30,31)16-7-6-14(33-16)13-9-15(32-24-13)20(21,22)23/h3-9,25H,10H2,1-2H3,(H,26,27)/t18-,19-/m0/s1. The van der Waals surface area contributed by atoms with Crippen molar-refractivity contribution in [3.63, 3.8) is 0 Å². The van der Waals surface area contributed by atoms with Crippen molar-refractivity contribution < 1.29 is 44.4 Å². The van der Waals surface area contributed by atoms with Crippen molar-refractivity contribution in [2.24, 2.45) is 0 Å². The van der Waals surface area contributed by atoms with E-state index in [9.17, 15) is 39.9 Å². The quantitative estimate of drug-likeness (QED) is 0.456. The number of nitrogens with zero attached hydrogens (tertiary/aromatic N) is 1. The first-order chi connectivity index (χ1) is 16.0. The first-order valence-corrected chi connectivity index (χ1v) is 13.9. The maximum absolute atomic E-state index is 13.1. The van der Waals surface area contributed by atoms with Crippen LogP contribution in [-0.4, -0.2) is 44.9 Å². The van der Waals surface area contributed by atoms with Crippen molar-refractivity contribution in [3.8, 4) is 10.6 Å². The van der Waals surface area contributed by atoms with Gasteiger partial charge >= 0.3 is 12.1 Å². The number of carbonyl (C=O) groups is 1. The van der Waals surface area contributed by atoms with Gasteiger partial charge in [-0.05, 0) is 36.2 Å². The molecule has 0 bridgehead atoms. The van der Waals surface area contributed by atoms with Gasteiger partial charge in [0.2, 0.25) is 5.76 Å². The topological polar surface area (TPSA) is 144 Å². The van der Waals surface area contributed by atoms with Gasteiger partial charge in [0, 0.05) is 17.7 Å². The minimum absolute atomic E-state index is 0.0426. The smallest absolute Gasteiger partial charge is 0.452 e. The van der Waals surface area contributed by atoms with E-state index in [1.165, 1.54) is 37.3 Å². The highest BCUT2D eigenvalue weighted by molar-refractivity contribution is 7.91. The Bertz CT molecular complexity index is 1540. The number of carboxylic acids is 1. The molecular weight excluding hydrogens is 533 g/mol. The van der Waals surface area contributed by atoms with Gasteiger partial charge in [-0.1, -0.05) is 24.2 Å². The number of carboxylic acid groups (broad SMARTS) is 1. The molecule has 0 saturated heterocycles. The Kier molecular flexibility index (Phi) is 5.70. The van der Waals surface area contributed by atoms with Gasteiger partial charge in [-0.25, -0.2) is 16.8 Å². The van der Waals surface area contributed by atoms with E-state index in [0.717, 1.165) is 12.3 Å². The summed E-state index contributed by atoms with van der Waals surface area (Å²) in [4.78, 5) is 12.2. The second-order valence-electron chi connectivity index (χ2n) is 8.32. The van der Waals surface area contributed by atoms with Crippen LogP contribution in [0.1, 0.15) is 24.7 Å². The highest BCUT2D eigenvalue weighted by Gasteiger charge is 2.72. The normalized spacial score (nSPS) is 22.8. The zero-order valence-corrected chi connectivity index (χ0v) is 20.4. The lowest BCUT2D eigenvalue weighted by atomic mass is 9.93. The Morgan fingerprint density at radius 2 is 1.86 bits per heavy atom. The maximum atomic E-state index is 13.1. The molecule has 1 fully saturated rings. The van der Waals surface area contributed by atoms with E-state index in [2.05, 4.69) is 14.4 Å². The minimum Gasteiger partial charge on any atom is -0.480 e. The van der Waals surface area contributed by atoms with Crippen LogP contribution in [0, 0.1) is 0 Å². The molecule has 2 heterocycles. The van der Waals surface area contributed by atoms with Crippen LogP contribution in [-0.2, 0) is 36.2 Å². The lowest BCUT2D eigenvalue weighted by Crippen LogP contribution is -2.48. The molecule has 188 valence electrons. The maximum Gasteiger partial charge on any atom is 0.452 e. The largest absolute Gasteiger partial charge is 0.480 e. The number of alkyl halides is 3. The number of rotatable bonds is 7. The number of aromatic nitrogens is 1. The van der Waals surface area contributed by atoms with Gasteiger partial charge in [0.05, 0.1) is 9.77 Å². The van der Waals surface area contributed by atoms with E-state index >= 15 is 0 Å². The second kappa shape index (κ2) is 7.88. The van der Waals surface area contributed by atoms with E-state index in [1.807, 2.05) is 0 Å². The Morgan fingerprint density at radius 1 is 1.17 bits per heavy atom. The van der Waals surface area contributed by atoms with Gasteiger partial charge in [0.15, 0.2) is 9.84 Å². The number of halogens is 3. The van der Waals surface area contributed by atoms with Crippen LogP contribution in [0.25, 0.3) is 10.6 Å². The van der Waals surface area contributed by atoms with E-state index in [1.54, 1.807) is 0 Å². The molecule has 0 spiro atoms. The molecule has 3 aromatic rings. The number of nitrogens with one attached hydrogen (secondary N) is 1. The summed E-state index contributed by atoms with van der Waals surface area (Å²) in [5, 5.41) is 13.2.